The van der Waals surface area contributed by atoms with E-state index in [1.807, 2.05) is 6.92 Å². The second kappa shape index (κ2) is 8.72. The van der Waals surface area contributed by atoms with Gasteiger partial charge in [-0.3, -0.25) is 4.79 Å². The molecule has 0 aromatic carbocycles. The fourth-order valence-corrected chi connectivity index (χ4v) is 2.73. The minimum atomic E-state index is -2.58. The summed E-state index contributed by atoms with van der Waals surface area (Å²) in [7, 11) is 0. The van der Waals surface area contributed by atoms with E-state index in [1.54, 1.807) is 6.92 Å². The predicted molar refractivity (Wildman–Crippen MR) is 67.9 cm³/mol. The molecular formula is C12H22F2O2S. The van der Waals surface area contributed by atoms with Gasteiger partial charge in [0.15, 0.2) is 0 Å². The first kappa shape index (κ1) is 16.7. The van der Waals surface area contributed by atoms with Crippen molar-refractivity contribution in [3.8, 4) is 0 Å². The van der Waals surface area contributed by atoms with E-state index in [0.29, 0.717) is 25.0 Å². The second-order valence-corrected chi connectivity index (χ2v) is 5.51. The number of rotatable bonds is 10. The third kappa shape index (κ3) is 8.41. The SMILES string of the molecule is CCCC(SCCCC(F)(F)CCC)C(=O)O. The lowest BCUT2D eigenvalue weighted by Gasteiger charge is -2.16. The van der Waals surface area contributed by atoms with Gasteiger partial charge in [-0.1, -0.05) is 26.7 Å². The summed E-state index contributed by atoms with van der Waals surface area (Å²) in [6.45, 7) is 3.66. The Hall–Kier alpha value is -0.320. The van der Waals surface area contributed by atoms with Crippen LogP contribution in [0.5, 0.6) is 0 Å². The molecule has 0 bridgehead atoms. The molecule has 0 aromatic heterocycles. The van der Waals surface area contributed by atoms with Gasteiger partial charge in [-0.25, -0.2) is 8.78 Å². The first-order chi connectivity index (χ1) is 7.93. The highest BCUT2D eigenvalue weighted by molar-refractivity contribution is 8.00. The van der Waals surface area contributed by atoms with Gasteiger partial charge in [-0.05, 0) is 18.6 Å². The van der Waals surface area contributed by atoms with Crippen molar-refractivity contribution in [1.82, 2.24) is 0 Å². The van der Waals surface area contributed by atoms with Crippen molar-refractivity contribution in [2.45, 2.75) is 63.5 Å². The van der Waals surface area contributed by atoms with Crippen LogP contribution in [0.25, 0.3) is 0 Å². The maximum atomic E-state index is 13.1. The maximum Gasteiger partial charge on any atom is 0.316 e. The lowest BCUT2D eigenvalue weighted by atomic mass is 10.1. The Morgan fingerprint density at radius 3 is 2.41 bits per heavy atom. The molecule has 0 radical (unpaired) electrons. The normalized spacial score (nSPS) is 13.6. The topological polar surface area (TPSA) is 37.3 Å². The molecule has 5 heteroatoms. The fraction of sp³-hybridized carbons (Fsp3) is 0.917. The number of aliphatic carboxylic acids is 1. The number of carboxylic acids is 1. The van der Waals surface area contributed by atoms with Crippen LogP contribution in [0, 0.1) is 0 Å². The van der Waals surface area contributed by atoms with E-state index in [1.165, 1.54) is 11.8 Å². The van der Waals surface area contributed by atoms with Gasteiger partial charge in [0, 0.05) is 12.8 Å². The van der Waals surface area contributed by atoms with E-state index in [2.05, 4.69) is 0 Å². The van der Waals surface area contributed by atoms with Crippen molar-refractivity contribution in [3.05, 3.63) is 0 Å². The molecule has 102 valence electrons. The Morgan fingerprint density at radius 1 is 1.29 bits per heavy atom. The average Bonchev–Trinajstić information content (AvgIpc) is 2.22. The predicted octanol–water partition coefficient (Wildman–Crippen LogP) is 4.19. The molecule has 0 fully saturated rings. The zero-order valence-electron chi connectivity index (χ0n) is 10.5. The molecule has 1 N–H and O–H groups in total. The van der Waals surface area contributed by atoms with Crippen LogP contribution in [-0.2, 0) is 4.79 Å². The first-order valence-electron chi connectivity index (χ1n) is 6.15. The van der Waals surface area contributed by atoms with Crippen LogP contribution >= 0.6 is 11.8 Å². The monoisotopic (exact) mass is 268 g/mol. The van der Waals surface area contributed by atoms with Crippen molar-refractivity contribution in [2.24, 2.45) is 0 Å². The van der Waals surface area contributed by atoms with Gasteiger partial charge in [0.25, 0.3) is 0 Å². The molecule has 0 aliphatic heterocycles. The molecule has 17 heavy (non-hydrogen) atoms. The Morgan fingerprint density at radius 2 is 1.94 bits per heavy atom. The lowest BCUT2D eigenvalue weighted by Crippen LogP contribution is -2.18. The van der Waals surface area contributed by atoms with Crippen molar-refractivity contribution in [2.75, 3.05) is 5.75 Å². The largest absolute Gasteiger partial charge is 0.480 e. The number of hydrogen-bond acceptors (Lipinski definition) is 2. The molecule has 0 aromatic rings. The zero-order chi connectivity index (χ0) is 13.3. The molecule has 0 spiro atoms. The summed E-state index contributed by atoms with van der Waals surface area (Å²) in [5.74, 6) is -2.92. The Bertz CT molecular complexity index is 223. The van der Waals surface area contributed by atoms with E-state index in [4.69, 9.17) is 5.11 Å². The third-order valence-electron chi connectivity index (χ3n) is 2.45. The zero-order valence-corrected chi connectivity index (χ0v) is 11.4. The fourth-order valence-electron chi connectivity index (χ4n) is 1.59. The molecule has 0 amide bonds. The van der Waals surface area contributed by atoms with Gasteiger partial charge >= 0.3 is 5.97 Å². The maximum absolute atomic E-state index is 13.1. The molecule has 0 aliphatic rings. The van der Waals surface area contributed by atoms with Crippen molar-refractivity contribution in [1.29, 1.82) is 0 Å². The molecule has 0 saturated heterocycles. The Kier molecular flexibility index (Phi) is 8.56. The molecule has 0 heterocycles. The number of thioether (sulfide) groups is 1. The molecule has 1 unspecified atom stereocenters. The summed E-state index contributed by atoms with van der Waals surface area (Å²) < 4.78 is 26.3. The minimum Gasteiger partial charge on any atom is -0.480 e. The molecule has 2 nitrogen and oxygen atoms in total. The summed E-state index contributed by atoms with van der Waals surface area (Å²) >= 11 is 1.28. The molecule has 0 rings (SSSR count). The molecular weight excluding hydrogens is 246 g/mol. The quantitative estimate of drug-likeness (QED) is 0.604. The van der Waals surface area contributed by atoms with Crippen LogP contribution in [0.3, 0.4) is 0 Å². The number of halogens is 2. The average molecular weight is 268 g/mol. The van der Waals surface area contributed by atoms with Gasteiger partial charge in [-0.15, -0.1) is 11.8 Å². The summed E-state index contributed by atoms with van der Waals surface area (Å²) in [5.41, 5.74) is 0. The molecule has 0 saturated carbocycles. The highest BCUT2D eigenvalue weighted by atomic mass is 32.2. The van der Waals surface area contributed by atoms with Crippen LogP contribution < -0.4 is 0 Å². The number of hydrogen-bond donors (Lipinski definition) is 1. The van der Waals surface area contributed by atoms with E-state index in [-0.39, 0.29) is 12.8 Å². The van der Waals surface area contributed by atoms with Crippen LogP contribution in [0.1, 0.15) is 52.4 Å². The first-order valence-corrected chi connectivity index (χ1v) is 7.20. The van der Waals surface area contributed by atoms with Crippen LogP contribution in [-0.4, -0.2) is 28.0 Å². The van der Waals surface area contributed by atoms with Crippen LogP contribution in [0.2, 0.25) is 0 Å². The van der Waals surface area contributed by atoms with Gasteiger partial charge in [0.1, 0.15) is 5.25 Å². The summed E-state index contributed by atoms with van der Waals surface area (Å²) in [6, 6.07) is 0. The third-order valence-corrected chi connectivity index (χ3v) is 3.81. The number of alkyl halides is 2. The van der Waals surface area contributed by atoms with E-state index in [9.17, 15) is 13.6 Å². The van der Waals surface area contributed by atoms with Crippen molar-refractivity contribution < 1.29 is 18.7 Å². The van der Waals surface area contributed by atoms with Crippen molar-refractivity contribution in [3.63, 3.8) is 0 Å². The van der Waals surface area contributed by atoms with Crippen LogP contribution in [0.15, 0.2) is 0 Å². The molecule has 1 atom stereocenters. The number of carboxylic acid groups (broad SMARTS) is 1. The minimum absolute atomic E-state index is 0.0744. The van der Waals surface area contributed by atoms with E-state index >= 15 is 0 Å². The van der Waals surface area contributed by atoms with Gasteiger partial charge in [0.2, 0.25) is 5.92 Å². The van der Waals surface area contributed by atoms with Crippen LogP contribution in [0.4, 0.5) is 8.78 Å². The number of carbonyl (C=O) groups is 1. The van der Waals surface area contributed by atoms with Crippen molar-refractivity contribution >= 4 is 17.7 Å². The molecule has 0 aliphatic carbocycles. The van der Waals surface area contributed by atoms with Gasteiger partial charge in [0.05, 0.1) is 0 Å². The second-order valence-electron chi connectivity index (χ2n) is 4.20. The Labute approximate surface area is 106 Å². The summed E-state index contributed by atoms with van der Waals surface area (Å²) in [6.07, 6.45) is 2.06. The van der Waals surface area contributed by atoms with Gasteiger partial charge in [-0.2, -0.15) is 0 Å². The standard InChI is InChI=1S/C12H22F2O2S/c1-3-6-10(11(15)16)17-9-5-8-12(13,14)7-4-2/h10H,3-9H2,1-2H3,(H,15,16). The Balaban J connectivity index is 3.78. The summed E-state index contributed by atoms with van der Waals surface area (Å²) in [4.78, 5) is 10.8. The highest BCUT2D eigenvalue weighted by Crippen LogP contribution is 2.27. The smallest absolute Gasteiger partial charge is 0.316 e. The van der Waals surface area contributed by atoms with Gasteiger partial charge < -0.3 is 5.11 Å². The highest BCUT2D eigenvalue weighted by Gasteiger charge is 2.27. The van der Waals surface area contributed by atoms with E-state index < -0.39 is 17.1 Å². The lowest BCUT2D eigenvalue weighted by molar-refractivity contribution is -0.136. The summed E-state index contributed by atoms with van der Waals surface area (Å²) in [5, 5.41) is 8.43. The van der Waals surface area contributed by atoms with E-state index in [0.717, 1.165) is 6.42 Å².